The summed E-state index contributed by atoms with van der Waals surface area (Å²) in [6.45, 7) is 8.81. The second kappa shape index (κ2) is 7.11. The fraction of sp³-hybridized carbons (Fsp3) is 0.706. The first-order chi connectivity index (χ1) is 10.6. The molecule has 122 valence electrons. The second-order valence-corrected chi connectivity index (χ2v) is 7.83. The molecular formula is C17H26N2O2S. The minimum atomic E-state index is 0.0906. The summed E-state index contributed by atoms with van der Waals surface area (Å²) in [4.78, 5) is 17.1. The molecule has 2 heterocycles. The van der Waals surface area contributed by atoms with Gasteiger partial charge in [-0.25, -0.2) is 0 Å². The summed E-state index contributed by atoms with van der Waals surface area (Å²) >= 11 is 1.69. The summed E-state index contributed by atoms with van der Waals surface area (Å²) in [6, 6.07) is 2.29. The number of rotatable bonds is 4. The average Bonchev–Trinajstić information content (AvgIpc) is 2.91. The molecule has 0 saturated carbocycles. The number of morpholine rings is 1. The summed E-state index contributed by atoms with van der Waals surface area (Å²) in [6.07, 6.45) is 3.52. The molecule has 3 rings (SSSR count). The van der Waals surface area contributed by atoms with E-state index in [1.54, 1.807) is 11.3 Å². The van der Waals surface area contributed by atoms with Crippen molar-refractivity contribution >= 4 is 17.2 Å². The molecule has 2 aliphatic rings. The summed E-state index contributed by atoms with van der Waals surface area (Å²) < 4.78 is 5.36. The maximum absolute atomic E-state index is 12.5. The molecule has 1 amide bonds. The molecule has 1 fully saturated rings. The number of nitrogens with zero attached hydrogens (tertiary/aromatic N) is 1. The summed E-state index contributed by atoms with van der Waals surface area (Å²) in [5, 5.41) is 3.15. The first-order valence-electron chi connectivity index (χ1n) is 8.34. The predicted octanol–water partition coefficient (Wildman–Crippen LogP) is 2.32. The Labute approximate surface area is 136 Å². The van der Waals surface area contributed by atoms with Crippen molar-refractivity contribution in [3.63, 3.8) is 0 Å². The number of thiophene rings is 1. The van der Waals surface area contributed by atoms with Crippen LogP contribution in [0.1, 0.15) is 40.4 Å². The number of ether oxygens (including phenoxy) is 1. The van der Waals surface area contributed by atoms with Gasteiger partial charge in [0.2, 0.25) is 0 Å². The zero-order chi connectivity index (χ0) is 15.5. The first kappa shape index (κ1) is 16.0. The van der Waals surface area contributed by atoms with Crippen LogP contribution in [0, 0.1) is 5.92 Å². The highest BCUT2D eigenvalue weighted by molar-refractivity contribution is 7.14. The van der Waals surface area contributed by atoms with Gasteiger partial charge >= 0.3 is 0 Å². The third kappa shape index (κ3) is 3.89. The second-order valence-electron chi connectivity index (χ2n) is 6.69. The number of amides is 1. The molecule has 0 spiro atoms. The van der Waals surface area contributed by atoms with Gasteiger partial charge in [-0.2, -0.15) is 0 Å². The van der Waals surface area contributed by atoms with Crippen LogP contribution in [0.2, 0.25) is 0 Å². The van der Waals surface area contributed by atoms with Crippen molar-refractivity contribution in [2.75, 3.05) is 32.8 Å². The van der Waals surface area contributed by atoms with Crippen LogP contribution < -0.4 is 5.32 Å². The van der Waals surface area contributed by atoms with Gasteiger partial charge in [-0.3, -0.25) is 9.69 Å². The van der Waals surface area contributed by atoms with Gasteiger partial charge in [0.05, 0.1) is 18.1 Å². The Bertz CT molecular complexity index is 523. The van der Waals surface area contributed by atoms with E-state index in [1.165, 1.54) is 16.9 Å². The first-order valence-corrected chi connectivity index (χ1v) is 9.16. The number of hydrogen-bond donors (Lipinski definition) is 1. The fourth-order valence-electron chi connectivity index (χ4n) is 3.33. The van der Waals surface area contributed by atoms with E-state index in [4.69, 9.17) is 4.74 Å². The Hall–Kier alpha value is -0.910. The molecule has 1 saturated heterocycles. The Morgan fingerprint density at radius 2 is 2.27 bits per heavy atom. The van der Waals surface area contributed by atoms with Gasteiger partial charge < -0.3 is 10.1 Å². The number of nitrogens with one attached hydrogen (secondary N) is 1. The van der Waals surface area contributed by atoms with Crippen LogP contribution in [0.15, 0.2) is 6.07 Å². The lowest BCUT2D eigenvalue weighted by molar-refractivity contribution is 0.0342. The molecule has 22 heavy (non-hydrogen) atoms. The van der Waals surface area contributed by atoms with Crippen molar-refractivity contribution in [3.05, 3.63) is 21.4 Å². The van der Waals surface area contributed by atoms with Gasteiger partial charge in [0.1, 0.15) is 0 Å². The smallest absolute Gasteiger partial charge is 0.261 e. The molecule has 0 aromatic carbocycles. The molecule has 4 nitrogen and oxygen atoms in total. The van der Waals surface area contributed by atoms with Crippen molar-refractivity contribution < 1.29 is 9.53 Å². The van der Waals surface area contributed by atoms with Crippen molar-refractivity contribution in [2.45, 2.75) is 39.2 Å². The predicted molar refractivity (Wildman–Crippen MR) is 89.7 cm³/mol. The highest BCUT2D eigenvalue weighted by Gasteiger charge is 2.22. The van der Waals surface area contributed by atoms with Crippen molar-refractivity contribution in [2.24, 2.45) is 5.92 Å². The maximum Gasteiger partial charge on any atom is 0.261 e. The molecule has 5 heteroatoms. The molecule has 1 aromatic rings. The molecule has 1 aliphatic heterocycles. The van der Waals surface area contributed by atoms with Crippen LogP contribution in [0.25, 0.3) is 0 Å². The summed E-state index contributed by atoms with van der Waals surface area (Å²) in [7, 11) is 0. The van der Waals surface area contributed by atoms with Gasteiger partial charge in [0.15, 0.2) is 0 Å². The minimum absolute atomic E-state index is 0.0906. The largest absolute Gasteiger partial charge is 0.379 e. The van der Waals surface area contributed by atoms with Crippen LogP contribution >= 0.6 is 11.3 Å². The topological polar surface area (TPSA) is 41.6 Å². The highest BCUT2D eigenvalue weighted by atomic mass is 32.1. The third-order valence-electron chi connectivity index (χ3n) is 4.57. The van der Waals surface area contributed by atoms with E-state index in [0.717, 1.165) is 56.5 Å². The minimum Gasteiger partial charge on any atom is -0.379 e. The number of carbonyl (C=O) groups is 1. The molecule has 1 aromatic heterocycles. The monoisotopic (exact) mass is 322 g/mol. The van der Waals surface area contributed by atoms with E-state index in [-0.39, 0.29) is 11.9 Å². The quantitative estimate of drug-likeness (QED) is 0.925. The van der Waals surface area contributed by atoms with Gasteiger partial charge in [-0.15, -0.1) is 11.3 Å². The summed E-state index contributed by atoms with van der Waals surface area (Å²) in [5.41, 5.74) is 1.40. The molecule has 0 radical (unpaired) electrons. The van der Waals surface area contributed by atoms with Crippen molar-refractivity contribution in [1.82, 2.24) is 10.2 Å². The standard InChI is InChI=1S/C17H26N2O2S/c1-12-3-4-15-14(9-12)10-16(22-15)17(20)18-13(2)11-19-5-7-21-8-6-19/h10,12-13H,3-9,11H2,1-2H3,(H,18,20)/t12-,13-/m0/s1. The van der Waals surface area contributed by atoms with Crippen LogP contribution in [-0.2, 0) is 17.6 Å². The lowest BCUT2D eigenvalue weighted by Crippen LogP contribution is -2.45. The van der Waals surface area contributed by atoms with Gasteiger partial charge in [0.25, 0.3) is 5.91 Å². The van der Waals surface area contributed by atoms with E-state index < -0.39 is 0 Å². The Balaban J connectivity index is 1.55. The summed E-state index contributed by atoms with van der Waals surface area (Å²) in [5.74, 6) is 0.839. The van der Waals surface area contributed by atoms with Crippen LogP contribution in [0.5, 0.6) is 0 Å². The fourth-order valence-corrected chi connectivity index (χ4v) is 4.44. The highest BCUT2D eigenvalue weighted by Crippen LogP contribution is 2.32. The van der Waals surface area contributed by atoms with Crippen molar-refractivity contribution in [1.29, 1.82) is 0 Å². The molecule has 1 N–H and O–H groups in total. The third-order valence-corrected chi connectivity index (χ3v) is 5.80. The zero-order valence-electron chi connectivity index (χ0n) is 13.6. The lowest BCUT2D eigenvalue weighted by atomic mass is 9.90. The Kier molecular flexibility index (Phi) is 5.16. The van der Waals surface area contributed by atoms with Gasteiger partial charge in [0, 0.05) is 30.6 Å². The van der Waals surface area contributed by atoms with Crippen LogP contribution in [0.4, 0.5) is 0 Å². The SMILES string of the molecule is C[C@H]1CCc2sc(C(=O)N[C@@H](C)CN3CCOCC3)cc2C1. The van der Waals surface area contributed by atoms with Crippen LogP contribution in [0.3, 0.4) is 0 Å². The zero-order valence-corrected chi connectivity index (χ0v) is 14.4. The molecule has 2 atom stereocenters. The normalized spacial score (nSPS) is 23.8. The van der Waals surface area contributed by atoms with E-state index >= 15 is 0 Å². The van der Waals surface area contributed by atoms with E-state index in [2.05, 4.69) is 30.1 Å². The van der Waals surface area contributed by atoms with E-state index in [9.17, 15) is 4.79 Å². The Morgan fingerprint density at radius 1 is 1.50 bits per heavy atom. The number of aryl methyl sites for hydroxylation is 1. The Morgan fingerprint density at radius 3 is 3.05 bits per heavy atom. The van der Waals surface area contributed by atoms with E-state index in [1.807, 2.05) is 0 Å². The van der Waals surface area contributed by atoms with Crippen LogP contribution in [-0.4, -0.2) is 49.7 Å². The molecule has 0 unspecified atom stereocenters. The number of hydrogen-bond acceptors (Lipinski definition) is 4. The van der Waals surface area contributed by atoms with Gasteiger partial charge in [-0.05, 0) is 43.7 Å². The lowest BCUT2D eigenvalue weighted by Gasteiger charge is -2.29. The van der Waals surface area contributed by atoms with E-state index in [0.29, 0.717) is 0 Å². The average molecular weight is 322 g/mol. The molecular weight excluding hydrogens is 296 g/mol. The van der Waals surface area contributed by atoms with Gasteiger partial charge in [-0.1, -0.05) is 6.92 Å². The molecule has 1 aliphatic carbocycles. The van der Waals surface area contributed by atoms with Crippen molar-refractivity contribution in [3.8, 4) is 0 Å². The number of fused-ring (bicyclic) bond motifs is 1. The maximum atomic E-state index is 12.5. The molecule has 0 bridgehead atoms. The number of carbonyl (C=O) groups excluding carboxylic acids is 1.